The summed E-state index contributed by atoms with van der Waals surface area (Å²) in [6.07, 6.45) is 0.868. The Morgan fingerprint density at radius 1 is 1.29 bits per heavy atom. The predicted octanol–water partition coefficient (Wildman–Crippen LogP) is 3.21. The summed E-state index contributed by atoms with van der Waals surface area (Å²) in [7, 11) is 0. The van der Waals surface area contributed by atoms with Crippen LogP contribution in [0.3, 0.4) is 0 Å². The lowest BCUT2D eigenvalue weighted by atomic mass is 9.96. The highest BCUT2D eigenvalue weighted by Crippen LogP contribution is 2.26. The molecule has 1 aromatic carbocycles. The van der Waals surface area contributed by atoms with Crippen molar-refractivity contribution in [3.63, 3.8) is 0 Å². The molecule has 3 heteroatoms. The maximum Gasteiger partial charge on any atom is 0.120 e. The minimum absolute atomic E-state index is 0.114. The van der Waals surface area contributed by atoms with Crippen molar-refractivity contribution >= 4 is 15.9 Å². The average molecular weight is 258 g/mol. The van der Waals surface area contributed by atoms with Gasteiger partial charge in [-0.05, 0) is 37.1 Å². The normalized spacial score (nSPS) is 27.6. The fraction of sp³-hybridized carbons (Fsp3) is 0.455. The Hall–Kier alpha value is -0.410. The molecule has 0 amide bonds. The van der Waals surface area contributed by atoms with Gasteiger partial charge in [-0.3, -0.25) is 0 Å². The second kappa shape index (κ2) is 4.41. The summed E-state index contributed by atoms with van der Waals surface area (Å²) >= 11 is 3.37. The van der Waals surface area contributed by atoms with Gasteiger partial charge in [0, 0.05) is 4.47 Å². The van der Waals surface area contributed by atoms with E-state index in [0.29, 0.717) is 6.42 Å². The van der Waals surface area contributed by atoms with Crippen LogP contribution in [0.15, 0.2) is 28.7 Å². The van der Waals surface area contributed by atoms with Crippen LogP contribution >= 0.6 is 15.9 Å². The molecule has 0 bridgehead atoms. The molecule has 2 atom stereocenters. The Labute approximate surface area is 91.8 Å². The number of alkyl halides is 1. The van der Waals surface area contributed by atoms with Crippen LogP contribution in [0.1, 0.15) is 24.4 Å². The highest BCUT2D eigenvalue weighted by Gasteiger charge is 2.25. The molecule has 0 aromatic heterocycles. The zero-order valence-corrected chi connectivity index (χ0v) is 9.43. The molecule has 1 N–H and O–H groups in total. The first kappa shape index (κ1) is 10.1. The van der Waals surface area contributed by atoms with Gasteiger partial charge in [-0.15, -0.1) is 0 Å². The lowest BCUT2D eigenvalue weighted by molar-refractivity contribution is 0.201. The molecule has 2 unspecified atom stereocenters. The number of piperidine rings is 1. The lowest BCUT2D eigenvalue weighted by Gasteiger charge is -2.27. The second-order valence-corrected chi connectivity index (χ2v) is 4.56. The van der Waals surface area contributed by atoms with Gasteiger partial charge in [-0.25, -0.2) is 4.39 Å². The number of nitrogens with one attached hydrogen (secondary N) is 1. The van der Waals surface area contributed by atoms with Crippen molar-refractivity contribution < 1.29 is 4.39 Å². The Morgan fingerprint density at radius 3 is 2.64 bits per heavy atom. The molecule has 0 spiro atoms. The Bertz CT molecular complexity index is 299. The molecular formula is C11H13BrFN. The SMILES string of the molecule is FC1CCCNC1c1ccc(Br)cc1. The van der Waals surface area contributed by atoms with Crippen LogP contribution in [-0.4, -0.2) is 12.7 Å². The third kappa shape index (κ3) is 2.15. The molecule has 0 saturated carbocycles. The minimum atomic E-state index is -0.745. The van der Waals surface area contributed by atoms with Gasteiger partial charge in [-0.1, -0.05) is 28.1 Å². The van der Waals surface area contributed by atoms with Gasteiger partial charge >= 0.3 is 0 Å². The van der Waals surface area contributed by atoms with Crippen molar-refractivity contribution in [3.8, 4) is 0 Å². The quantitative estimate of drug-likeness (QED) is 0.815. The molecule has 1 aliphatic rings. The molecular weight excluding hydrogens is 245 g/mol. The summed E-state index contributed by atoms with van der Waals surface area (Å²) in [5.74, 6) is 0. The third-order valence-corrected chi connectivity index (χ3v) is 3.14. The molecule has 14 heavy (non-hydrogen) atoms. The Balaban J connectivity index is 2.16. The highest BCUT2D eigenvalue weighted by molar-refractivity contribution is 9.10. The minimum Gasteiger partial charge on any atom is -0.308 e. The van der Waals surface area contributed by atoms with Crippen LogP contribution in [0.2, 0.25) is 0 Å². The molecule has 1 fully saturated rings. The van der Waals surface area contributed by atoms with Gasteiger partial charge in [0.1, 0.15) is 6.17 Å². The summed E-state index contributed by atoms with van der Waals surface area (Å²) in [5, 5.41) is 3.21. The number of hydrogen-bond acceptors (Lipinski definition) is 1. The number of benzene rings is 1. The van der Waals surface area contributed by atoms with E-state index in [1.165, 1.54) is 0 Å². The Morgan fingerprint density at radius 2 is 2.00 bits per heavy atom. The molecule has 0 aliphatic carbocycles. The van der Waals surface area contributed by atoms with Crippen LogP contribution in [0.5, 0.6) is 0 Å². The van der Waals surface area contributed by atoms with Crippen LogP contribution in [0.4, 0.5) is 4.39 Å². The summed E-state index contributed by atoms with van der Waals surface area (Å²) in [4.78, 5) is 0. The molecule has 1 saturated heterocycles. The molecule has 1 aliphatic heterocycles. The summed E-state index contributed by atoms with van der Waals surface area (Å²) in [6.45, 7) is 0.918. The van der Waals surface area contributed by atoms with Crippen molar-refractivity contribution in [2.75, 3.05) is 6.54 Å². The first-order chi connectivity index (χ1) is 6.77. The monoisotopic (exact) mass is 257 g/mol. The molecule has 0 radical (unpaired) electrons. The van der Waals surface area contributed by atoms with Gasteiger partial charge in [-0.2, -0.15) is 0 Å². The van der Waals surface area contributed by atoms with Crippen LogP contribution < -0.4 is 5.32 Å². The number of halogens is 2. The van der Waals surface area contributed by atoms with Gasteiger partial charge in [0.2, 0.25) is 0 Å². The topological polar surface area (TPSA) is 12.0 Å². The third-order valence-electron chi connectivity index (χ3n) is 2.61. The van der Waals surface area contributed by atoms with E-state index in [1.54, 1.807) is 0 Å². The van der Waals surface area contributed by atoms with E-state index in [2.05, 4.69) is 21.2 Å². The maximum atomic E-state index is 13.6. The van der Waals surface area contributed by atoms with Crippen molar-refractivity contribution in [2.45, 2.75) is 25.1 Å². The van der Waals surface area contributed by atoms with Crippen molar-refractivity contribution in [1.82, 2.24) is 5.32 Å². The fourth-order valence-corrected chi connectivity index (χ4v) is 2.11. The van der Waals surface area contributed by atoms with E-state index in [9.17, 15) is 4.39 Å². The summed E-state index contributed by atoms with van der Waals surface area (Å²) < 4.78 is 14.6. The van der Waals surface area contributed by atoms with Crippen LogP contribution in [0.25, 0.3) is 0 Å². The van der Waals surface area contributed by atoms with Crippen LogP contribution in [0, 0.1) is 0 Å². The lowest BCUT2D eigenvalue weighted by Crippen LogP contribution is -2.35. The van der Waals surface area contributed by atoms with Crippen LogP contribution in [-0.2, 0) is 0 Å². The zero-order chi connectivity index (χ0) is 9.97. The zero-order valence-electron chi connectivity index (χ0n) is 7.84. The Kier molecular flexibility index (Phi) is 3.19. The van der Waals surface area contributed by atoms with E-state index >= 15 is 0 Å². The van der Waals surface area contributed by atoms with E-state index < -0.39 is 6.17 Å². The molecule has 76 valence electrons. The summed E-state index contributed by atoms with van der Waals surface area (Å²) in [5.41, 5.74) is 1.04. The van der Waals surface area contributed by atoms with Crippen molar-refractivity contribution in [2.24, 2.45) is 0 Å². The number of rotatable bonds is 1. The van der Waals surface area contributed by atoms with Gasteiger partial charge in [0.25, 0.3) is 0 Å². The highest BCUT2D eigenvalue weighted by atomic mass is 79.9. The smallest absolute Gasteiger partial charge is 0.120 e. The van der Waals surface area contributed by atoms with Gasteiger partial charge < -0.3 is 5.32 Å². The predicted molar refractivity (Wildman–Crippen MR) is 59.0 cm³/mol. The van der Waals surface area contributed by atoms with E-state index in [0.717, 1.165) is 23.0 Å². The largest absolute Gasteiger partial charge is 0.308 e. The molecule has 1 heterocycles. The van der Waals surface area contributed by atoms with E-state index in [-0.39, 0.29) is 6.04 Å². The van der Waals surface area contributed by atoms with Crippen molar-refractivity contribution in [3.05, 3.63) is 34.3 Å². The first-order valence-corrected chi connectivity index (χ1v) is 5.69. The second-order valence-electron chi connectivity index (χ2n) is 3.64. The maximum absolute atomic E-state index is 13.6. The molecule has 1 nitrogen and oxygen atoms in total. The number of hydrogen-bond donors (Lipinski definition) is 1. The van der Waals surface area contributed by atoms with E-state index in [1.807, 2.05) is 24.3 Å². The van der Waals surface area contributed by atoms with Gasteiger partial charge in [0.15, 0.2) is 0 Å². The standard InChI is InChI=1S/C11H13BrFN/c12-9-5-3-8(4-6-9)11-10(13)2-1-7-14-11/h3-6,10-11,14H,1-2,7H2. The van der Waals surface area contributed by atoms with Gasteiger partial charge in [0.05, 0.1) is 6.04 Å². The van der Waals surface area contributed by atoms with E-state index in [4.69, 9.17) is 0 Å². The molecule has 2 rings (SSSR count). The summed E-state index contributed by atoms with van der Waals surface area (Å²) in [6, 6.07) is 7.74. The fourth-order valence-electron chi connectivity index (χ4n) is 1.85. The first-order valence-electron chi connectivity index (χ1n) is 4.90. The average Bonchev–Trinajstić information content (AvgIpc) is 2.20. The van der Waals surface area contributed by atoms with Crippen molar-refractivity contribution in [1.29, 1.82) is 0 Å². The molecule has 1 aromatic rings.